The van der Waals surface area contributed by atoms with Gasteiger partial charge in [-0.15, -0.1) is 0 Å². The summed E-state index contributed by atoms with van der Waals surface area (Å²) < 4.78 is 32.7. The van der Waals surface area contributed by atoms with Crippen LogP contribution in [0.5, 0.6) is 0 Å². The van der Waals surface area contributed by atoms with Crippen molar-refractivity contribution in [1.29, 1.82) is 0 Å². The minimum Gasteiger partial charge on any atom is -0.375 e. The number of halogens is 3. The highest BCUT2D eigenvalue weighted by Gasteiger charge is 2.17. The van der Waals surface area contributed by atoms with Crippen molar-refractivity contribution in [2.24, 2.45) is 10.9 Å². The molecule has 1 aliphatic rings. The second kappa shape index (κ2) is 5.23. The summed E-state index contributed by atoms with van der Waals surface area (Å²) in [5.41, 5.74) is 0.449. The normalized spacial score (nSPS) is 23.1. The van der Waals surface area contributed by atoms with Crippen LogP contribution in [-0.2, 0) is 4.74 Å². The van der Waals surface area contributed by atoms with E-state index >= 15 is 0 Å². The van der Waals surface area contributed by atoms with Crippen molar-refractivity contribution in [3.8, 4) is 0 Å². The zero-order chi connectivity index (χ0) is 12.4. The highest BCUT2D eigenvalue weighted by molar-refractivity contribution is 9.10. The van der Waals surface area contributed by atoms with Crippen molar-refractivity contribution in [2.45, 2.75) is 13.3 Å². The Labute approximate surface area is 107 Å². The number of aliphatic imine (C=N–C) groups is 1. The number of hydrogen-bond acceptors (Lipinski definition) is 2. The van der Waals surface area contributed by atoms with Crippen molar-refractivity contribution in [3.63, 3.8) is 0 Å². The summed E-state index contributed by atoms with van der Waals surface area (Å²) >= 11 is 3.03. The molecular weight excluding hydrogens is 292 g/mol. The van der Waals surface area contributed by atoms with Gasteiger partial charge in [-0.3, -0.25) is 0 Å². The molecule has 1 heterocycles. The van der Waals surface area contributed by atoms with Crippen LogP contribution in [0.1, 0.15) is 13.3 Å². The zero-order valence-corrected chi connectivity index (χ0v) is 10.9. The van der Waals surface area contributed by atoms with Crippen LogP contribution in [0, 0.1) is 17.6 Å². The van der Waals surface area contributed by atoms with Gasteiger partial charge in [-0.05, 0) is 24.5 Å². The highest BCUT2D eigenvalue weighted by Crippen LogP contribution is 2.27. The molecule has 5 heteroatoms. The van der Waals surface area contributed by atoms with Crippen molar-refractivity contribution < 1.29 is 13.5 Å². The van der Waals surface area contributed by atoms with Gasteiger partial charge in [0.15, 0.2) is 11.6 Å². The average molecular weight is 304 g/mol. The molecule has 0 saturated carbocycles. The smallest absolute Gasteiger partial charge is 0.152 e. The molecule has 1 aliphatic heterocycles. The van der Waals surface area contributed by atoms with Crippen LogP contribution in [0.2, 0.25) is 0 Å². The minimum absolute atomic E-state index is 0.235. The lowest BCUT2D eigenvalue weighted by molar-refractivity contribution is 0.120. The molecule has 0 aromatic heterocycles. The predicted octanol–water partition coefficient (Wildman–Crippen LogP) is 3.86. The Morgan fingerprint density at radius 3 is 2.59 bits per heavy atom. The zero-order valence-electron chi connectivity index (χ0n) is 9.34. The van der Waals surface area contributed by atoms with Crippen LogP contribution >= 0.6 is 15.9 Å². The second-order valence-electron chi connectivity index (χ2n) is 4.22. The van der Waals surface area contributed by atoms with Crippen LogP contribution in [0.3, 0.4) is 0 Å². The quantitative estimate of drug-likeness (QED) is 0.772. The number of benzene rings is 1. The van der Waals surface area contributed by atoms with Crippen molar-refractivity contribution >= 4 is 27.3 Å². The Bertz CT molecular complexity index is 439. The fourth-order valence-corrected chi connectivity index (χ4v) is 2.18. The molecule has 1 atom stereocenters. The molecule has 2 rings (SSSR count). The third-order valence-electron chi connectivity index (χ3n) is 2.51. The maximum absolute atomic E-state index is 13.5. The van der Waals surface area contributed by atoms with Crippen LogP contribution in [0.4, 0.5) is 14.5 Å². The number of ether oxygens (including phenoxy) is 1. The summed E-state index contributed by atoms with van der Waals surface area (Å²) in [5.74, 6) is -0.991. The van der Waals surface area contributed by atoms with E-state index in [0.29, 0.717) is 29.3 Å². The summed E-state index contributed by atoms with van der Waals surface area (Å²) in [4.78, 5) is 4.03. The standard InChI is InChI=1S/C12H12BrF2NO/c1-7-2-9(6-17-5-7)16-12-10(14)3-8(13)4-11(12)15/h3-4,7H,2,5-6H2,1H3. The summed E-state index contributed by atoms with van der Waals surface area (Å²) in [6.45, 7) is 3.03. The number of rotatable bonds is 1. The first kappa shape index (κ1) is 12.6. The molecule has 1 fully saturated rings. The first-order valence-electron chi connectivity index (χ1n) is 5.35. The third kappa shape index (κ3) is 3.10. The summed E-state index contributed by atoms with van der Waals surface area (Å²) in [6, 6.07) is 2.41. The average Bonchev–Trinajstić information content (AvgIpc) is 2.23. The molecule has 17 heavy (non-hydrogen) atoms. The summed E-state index contributed by atoms with van der Waals surface area (Å²) in [6.07, 6.45) is 0.717. The van der Waals surface area contributed by atoms with Crippen LogP contribution in [0.15, 0.2) is 21.6 Å². The Hall–Kier alpha value is -0.810. The van der Waals surface area contributed by atoms with Crippen LogP contribution in [-0.4, -0.2) is 18.9 Å². The number of hydrogen-bond donors (Lipinski definition) is 0. The molecule has 0 aliphatic carbocycles. The molecule has 1 saturated heterocycles. The predicted molar refractivity (Wildman–Crippen MR) is 65.8 cm³/mol. The molecule has 0 bridgehead atoms. The molecule has 1 aromatic rings. The molecule has 0 radical (unpaired) electrons. The Balaban J connectivity index is 2.31. The lowest BCUT2D eigenvalue weighted by Gasteiger charge is -2.20. The first-order valence-corrected chi connectivity index (χ1v) is 6.14. The van der Waals surface area contributed by atoms with E-state index in [2.05, 4.69) is 20.9 Å². The van der Waals surface area contributed by atoms with E-state index in [1.165, 1.54) is 12.1 Å². The molecule has 1 unspecified atom stereocenters. The van der Waals surface area contributed by atoms with E-state index < -0.39 is 11.6 Å². The van der Waals surface area contributed by atoms with Gasteiger partial charge in [0.2, 0.25) is 0 Å². The van der Waals surface area contributed by atoms with Crippen LogP contribution in [0.25, 0.3) is 0 Å². The van der Waals surface area contributed by atoms with E-state index in [9.17, 15) is 8.78 Å². The van der Waals surface area contributed by atoms with Gasteiger partial charge >= 0.3 is 0 Å². The fraction of sp³-hybridized carbons (Fsp3) is 0.417. The Kier molecular flexibility index (Phi) is 3.89. The number of nitrogens with zero attached hydrogens (tertiary/aromatic N) is 1. The van der Waals surface area contributed by atoms with E-state index in [1.54, 1.807) is 0 Å². The van der Waals surface area contributed by atoms with E-state index in [-0.39, 0.29) is 5.69 Å². The molecule has 0 N–H and O–H groups in total. The second-order valence-corrected chi connectivity index (χ2v) is 5.14. The van der Waals surface area contributed by atoms with Gasteiger partial charge in [0.05, 0.1) is 6.61 Å². The van der Waals surface area contributed by atoms with Gasteiger partial charge < -0.3 is 4.74 Å². The summed E-state index contributed by atoms with van der Waals surface area (Å²) in [7, 11) is 0. The summed E-state index contributed by atoms with van der Waals surface area (Å²) in [5, 5.41) is 0. The largest absolute Gasteiger partial charge is 0.375 e. The fourth-order valence-electron chi connectivity index (χ4n) is 1.78. The Morgan fingerprint density at radius 2 is 2.00 bits per heavy atom. The third-order valence-corrected chi connectivity index (χ3v) is 2.96. The van der Waals surface area contributed by atoms with Crippen molar-refractivity contribution in [2.75, 3.05) is 13.2 Å². The monoisotopic (exact) mass is 303 g/mol. The van der Waals surface area contributed by atoms with E-state index in [1.807, 2.05) is 6.92 Å². The van der Waals surface area contributed by atoms with Gasteiger partial charge in [0.25, 0.3) is 0 Å². The first-order chi connectivity index (χ1) is 8.06. The van der Waals surface area contributed by atoms with Crippen LogP contribution < -0.4 is 0 Å². The molecule has 1 aromatic carbocycles. The molecule has 2 nitrogen and oxygen atoms in total. The lowest BCUT2D eigenvalue weighted by Crippen LogP contribution is -2.23. The SMILES string of the molecule is CC1COCC(=Nc2c(F)cc(Br)cc2F)C1. The van der Waals surface area contributed by atoms with Crippen molar-refractivity contribution in [1.82, 2.24) is 0 Å². The Morgan fingerprint density at radius 1 is 1.35 bits per heavy atom. The van der Waals surface area contributed by atoms with Crippen molar-refractivity contribution in [3.05, 3.63) is 28.2 Å². The lowest BCUT2D eigenvalue weighted by atomic mass is 10.0. The van der Waals surface area contributed by atoms with E-state index in [4.69, 9.17) is 4.74 Å². The molecule has 0 spiro atoms. The molecule has 0 amide bonds. The maximum atomic E-state index is 13.5. The highest BCUT2D eigenvalue weighted by atomic mass is 79.9. The molecular formula is C12H12BrF2NO. The van der Waals surface area contributed by atoms with E-state index in [0.717, 1.165) is 6.42 Å². The minimum atomic E-state index is -0.664. The maximum Gasteiger partial charge on any atom is 0.152 e. The van der Waals surface area contributed by atoms with Gasteiger partial charge in [0.1, 0.15) is 5.69 Å². The van der Waals surface area contributed by atoms with Gasteiger partial charge in [-0.1, -0.05) is 22.9 Å². The topological polar surface area (TPSA) is 21.6 Å². The molecule has 92 valence electrons. The van der Waals surface area contributed by atoms with Gasteiger partial charge in [-0.2, -0.15) is 0 Å². The van der Waals surface area contributed by atoms with Gasteiger partial charge in [-0.25, -0.2) is 13.8 Å². The van der Waals surface area contributed by atoms with Gasteiger partial charge in [0, 0.05) is 16.8 Å².